The lowest BCUT2D eigenvalue weighted by atomic mass is 10.2. The van der Waals surface area contributed by atoms with Crippen molar-refractivity contribution in [2.75, 3.05) is 39.3 Å². The van der Waals surface area contributed by atoms with Crippen molar-refractivity contribution in [3.05, 3.63) is 0 Å². The van der Waals surface area contributed by atoms with Gasteiger partial charge in [-0.2, -0.15) is 4.90 Å². The normalized spacial score (nSPS) is 11.2. The summed E-state index contributed by atoms with van der Waals surface area (Å²) in [6.07, 6.45) is 7.02. The van der Waals surface area contributed by atoms with Crippen LogP contribution in [-0.2, 0) is 0 Å². The lowest BCUT2D eigenvalue weighted by molar-refractivity contribution is 0.378. The lowest BCUT2D eigenvalue weighted by Gasteiger charge is -2.12. The molecule has 0 aromatic heterocycles. The molecule has 0 rings (SSSR count). The van der Waals surface area contributed by atoms with Crippen LogP contribution in [0.1, 0.15) is 38.5 Å². The Hall–Kier alpha value is -0.160. The third-order valence-electron chi connectivity index (χ3n) is 2.79. The Labute approximate surface area is 101 Å². The molecule has 16 heavy (non-hydrogen) atoms. The molecule has 0 aliphatic carbocycles. The molecule has 0 fully saturated rings. The highest BCUT2D eigenvalue weighted by Gasteiger charge is 2.12. The second kappa shape index (κ2) is 12.9. The predicted octanol–water partition coefficient (Wildman–Crippen LogP) is 0.343. The van der Waals surface area contributed by atoms with Crippen molar-refractivity contribution in [2.45, 2.75) is 38.5 Å². The van der Waals surface area contributed by atoms with Gasteiger partial charge in [-0.3, -0.25) is 0 Å². The van der Waals surface area contributed by atoms with Gasteiger partial charge in [0.15, 0.2) is 0 Å². The number of nitrogens with two attached hydrogens (primary N) is 3. The van der Waals surface area contributed by atoms with Crippen molar-refractivity contribution in [1.29, 1.82) is 0 Å². The highest BCUT2D eigenvalue weighted by Crippen LogP contribution is 1.98. The van der Waals surface area contributed by atoms with E-state index in [1.165, 1.54) is 38.9 Å². The molecule has 0 amide bonds. The van der Waals surface area contributed by atoms with E-state index in [1.54, 1.807) is 0 Å². The summed E-state index contributed by atoms with van der Waals surface area (Å²) in [4.78, 5) is 2.53. The van der Waals surface area contributed by atoms with Crippen LogP contribution in [0, 0.1) is 0 Å². The first kappa shape index (κ1) is 15.8. The van der Waals surface area contributed by atoms with Crippen LogP contribution < -0.4 is 22.1 Å². The van der Waals surface area contributed by atoms with Gasteiger partial charge < -0.3 is 17.2 Å². The Morgan fingerprint density at radius 2 is 0.812 bits per heavy atom. The Kier molecular flexibility index (Phi) is 12.8. The highest BCUT2D eigenvalue weighted by molar-refractivity contribution is 4.65. The number of hydrogen-bond acceptors (Lipinski definition) is 4. The van der Waals surface area contributed by atoms with Crippen LogP contribution in [0.25, 0.3) is 0 Å². The average Bonchev–Trinajstić information content (AvgIpc) is 2.29. The number of hydrogen-bond donors (Lipinski definition) is 3. The standard InChI is InChI=1S/C12H30N4/c13-7-1-4-10-16(11-5-2-8-14)12-6-3-9-15/h1-15H2/q+1. The summed E-state index contributed by atoms with van der Waals surface area (Å²) in [6, 6.07) is 0. The largest absolute Gasteiger partial charge is 0.330 e. The molecule has 0 saturated carbocycles. The third kappa shape index (κ3) is 10.4. The number of unbranched alkanes of at least 4 members (excludes halogenated alkanes) is 3. The average molecular weight is 230 g/mol. The van der Waals surface area contributed by atoms with Crippen LogP contribution in [0.2, 0.25) is 0 Å². The molecule has 1 radical (unpaired) electrons. The number of rotatable bonds is 12. The van der Waals surface area contributed by atoms with Gasteiger partial charge in [0.2, 0.25) is 0 Å². The molecule has 0 saturated heterocycles. The Bertz CT molecular complexity index is 106. The minimum atomic E-state index is 0.805. The maximum atomic E-state index is 5.51. The summed E-state index contributed by atoms with van der Waals surface area (Å²) in [5, 5.41) is 0. The molecule has 4 nitrogen and oxygen atoms in total. The molecule has 0 heterocycles. The first-order valence-electron chi connectivity index (χ1n) is 6.67. The van der Waals surface area contributed by atoms with Gasteiger partial charge in [0.25, 0.3) is 0 Å². The second-order valence-electron chi connectivity index (χ2n) is 4.33. The van der Waals surface area contributed by atoms with E-state index in [4.69, 9.17) is 17.2 Å². The summed E-state index contributed by atoms with van der Waals surface area (Å²) >= 11 is 0. The van der Waals surface area contributed by atoms with Crippen LogP contribution >= 0.6 is 0 Å². The van der Waals surface area contributed by atoms with Crippen molar-refractivity contribution in [2.24, 2.45) is 17.2 Å². The Balaban J connectivity index is 3.58. The van der Waals surface area contributed by atoms with Crippen LogP contribution in [0.5, 0.6) is 0 Å². The van der Waals surface area contributed by atoms with Crippen molar-refractivity contribution < 1.29 is 0 Å². The van der Waals surface area contributed by atoms with Crippen LogP contribution in [0.3, 0.4) is 0 Å². The van der Waals surface area contributed by atoms with Gasteiger partial charge in [0.05, 0.1) is 0 Å². The molecule has 4 heteroatoms. The topological polar surface area (TPSA) is 84.0 Å². The molecule has 0 atom stereocenters. The van der Waals surface area contributed by atoms with Crippen molar-refractivity contribution >= 4 is 0 Å². The fourth-order valence-corrected chi connectivity index (χ4v) is 1.77. The maximum absolute atomic E-state index is 5.51. The van der Waals surface area contributed by atoms with E-state index in [9.17, 15) is 0 Å². The Morgan fingerprint density at radius 1 is 0.500 bits per heavy atom. The van der Waals surface area contributed by atoms with E-state index < -0.39 is 0 Å². The predicted molar refractivity (Wildman–Crippen MR) is 71.6 cm³/mol. The maximum Gasteiger partial charge on any atom is 0.122 e. The van der Waals surface area contributed by atoms with Gasteiger partial charge in [-0.15, -0.1) is 0 Å². The minimum Gasteiger partial charge on any atom is -0.330 e. The van der Waals surface area contributed by atoms with E-state index in [2.05, 4.69) is 4.90 Å². The molecule has 0 aromatic rings. The van der Waals surface area contributed by atoms with E-state index in [0.29, 0.717) is 0 Å². The molecular weight excluding hydrogens is 200 g/mol. The smallest absolute Gasteiger partial charge is 0.122 e. The van der Waals surface area contributed by atoms with Gasteiger partial charge in [0.1, 0.15) is 19.6 Å². The minimum absolute atomic E-state index is 0.805. The number of nitrogens with zero attached hydrogens (tertiary/aromatic N) is 1. The first-order chi connectivity index (χ1) is 7.85. The van der Waals surface area contributed by atoms with Crippen molar-refractivity contribution in [3.8, 4) is 0 Å². The summed E-state index contributed by atoms with van der Waals surface area (Å²) in [7, 11) is 0. The summed E-state index contributed by atoms with van der Waals surface area (Å²) in [5.41, 5.74) is 16.5. The highest BCUT2D eigenvalue weighted by atomic mass is 15.1. The molecule has 0 aromatic carbocycles. The summed E-state index contributed by atoms with van der Waals surface area (Å²) in [5.74, 6) is 0. The van der Waals surface area contributed by atoms with Crippen LogP contribution in [0.15, 0.2) is 0 Å². The summed E-state index contributed by atoms with van der Waals surface area (Å²) < 4.78 is 0. The van der Waals surface area contributed by atoms with Crippen molar-refractivity contribution in [3.63, 3.8) is 0 Å². The van der Waals surface area contributed by atoms with Crippen LogP contribution in [0.4, 0.5) is 0 Å². The molecule has 97 valence electrons. The fraction of sp³-hybridized carbons (Fsp3) is 1.00. The second-order valence-corrected chi connectivity index (χ2v) is 4.33. The van der Waals surface area contributed by atoms with Crippen molar-refractivity contribution in [1.82, 2.24) is 4.90 Å². The van der Waals surface area contributed by atoms with E-state index in [0.717, 1.165) is 38.9 Å². The molecule has 0 unspecified atom stereocenters. The first-order valence-corrected chi connectivity index (χ1v) is 6.67. The molecular formula is C12H30N4+. The molecule has 0 bridgehead atoms. The third-order valence-corrected chi connectivity index (χ3v) is 2.79. The lowest BCUT2D eigenvalue weighted by Crippen LogP contribution is -2.34. The monoisotopic (exact) mass is 230 g/mol. The molecule has 6 N–H and O–H groups in total. The van der Waals surface area contributed by atoms with E-state index >= 15 is 0 Å². The van der Waals surface area contributed by atoms with Gasteiger partial charge in [-0.25, -0.2) is 0 Å². The zero-order valence-electron chi connectivity index (χ0n) is 10.7. The van der Waals surface area contributed by atoms with E-state index in [-0.39, 0.29) is 0 Å². The van der Waals surface area contributed by atoms with Gasteiger partial charge in [0, 0.05) is 19.3 Å². The summed E-state index contributed by atoms with van der Waals surface area (Å²) in [6.45, 7) is 5.93. The van der Waals surface area contributed by atoms with Gasteiger partial charge in [-0.1, -0.05) is 0 Å². The van der Waals surface area contributed by atoms with Gasteiger partial charge >= 0.3 is 0 Å². The molecule has 0 aliphatic heterocycles. The quantitative estimate of drug-likeness (QED) is 0.334. The SMILES string of the molecule is NCCCC[N+](CCCCN)CCCCN. The fourth-order valence-electron chi connectivity index (χ4n) is 1.77. The zero-order valence-corrected chi connectivity index (χ0v) is 10.7. The molecule has 0 spiro atoms. The van der Waals surface area contributed by atoms with Gasteiger partial charge in [-0.05, 0) is 38.9 Å². The Morgan fingerprint density at radius 3 is 1.06 bits per heavy atom. The van der Waals surface area contributed by atoms with E-state index in [1.807, 2.05) is 0 Å². The van der Waals surface area contributed by atoms with Crippen LogP contribution in [-0.4, -0.2) is 39.3 Å². The zero-order chi connectivity index (χ0) is 12.1. The molecule has 0 aliphatic rings.